The Morgan fingerprint density at radius 1 is 1.53 bits per heavy atom. The molecule has 2 rings (SSSR count). The van der Waals surface area contributed by atoms with Crippen LogP contribution in [0.3, 0.4) is 0 Å². The predicted molar refractivity (Wildman–Crippen MR) is 76.1 cm³/mol. The first-order chi connectivity index (χ1) is 8.99. The van der Waals surface area contributed by atoms with Crippen molar-refractivity contribution in [2.24, 2.45) is 5.41 Å². The molecule has 0 unspecified atom stereocenters. The highest BCUT2D eigenvalue weighted by atomic mass is 79.9. The number of anilines is 1. The third-order valence-corrected chi connectivity index (χ3v) is 4.91. The lowest BCUT2D eigenvalue weighted by molar-refractivity contribution is 0.0695. The number of aromatic carboxylic acids is 1. The van der Waals surface area contributed by atoms with Crippen molar-refractivity contribution in [2.45, 2.75) is 32.6 Å². The summed E-state index contributed by atoms with van der Waals surface area (Å²) in [4.78, 5) is 10.9. The number of halogens is 2. The van der Waals surface area contributed by atoms with E-state index in [-0.39, 0.29) is 15.5 Å². The lowest BCUT2D eigenvalue weighted by Gasteiger charge is -2.41. The molecule has 2 N–H and O–H groups in total. The lowest BCUT2D eigenvalue weighted by Crippen LogP contribution is -2.36. The molecule has 1 aliphatic carbocycles. The van der Waals surface area contributed by atoms with Gasteiger partial charge >= 0.3 is 5.97 Å². The van der Waals surface area contributed by atoms with Crippen molar-refractivity contribution in [3.05, 3.63) is 28.0 Å². The molecule has 0 bridgehead atoms. The molecule has 1 fully saturated rings. The topological polar surface area (TPSA) is 49.3 Å². The lowest BCUT2D eigenvalue weighted by atomic mass is 9.67. The third kappa shape index (κ3) is 2.76. The molecule has 0 aromatic heterocycles. The van der Waals surface area contributed by atoms with E-state index in [9.17, 15) is 9.18 Å². The SMILES string of the molecule is CCC1(CNc2ccc(C(=O)O)c(Br)c2F)CCC1. The van der Waals surface area contributed by atoms with Gasteiger partial charge in [-0.15, -0.1) is 0 Å². The average Bonchev–Trinajstić information content (AvgIpc) is 2.33. The van der Waals surface area contributed by atoms with Crippen LogP contribution in [0.15, 0.2) is 16.6 Å². The first kappa shape index (κ1) is 14.3. The minimum Gasteiger partial charge on any atom is -0.478 e. The molecule has 0 aliphatic heterocycles. The fourth-order valence-corrected chi connectivity index (χ4v) is 2.98. The Morgan fingerprint density at radius 3 is 2.68 bits per heavy atom. The molecule has 1 aromatic carbocycles. The molecule has 1 saturated carbocycles. The van der Waals surface area contributed by atoms with Crippen LogP contribution in [0, 0.1) is 11.2 Å². The second-order valence-electron chi connectivity index (χ2n) is 5.15. The first-order valence-electron chi connectivity index (χ1n) is 6.44. The average molecular weight is 330 g/mol. The van der Waals surface area contributed by atoms with Crippen molar-refractivity contribution < 1.29 is 14.3 Å². The van der Waals surface area contributed by atoms with Crippen LogP contribution in [0.1, 0.15) is 43.0 Å². The first-order valence-corrected chi connectivity index (χ1v) is 7.23. The van der Waals surface area contributed by atoms with Gasteiger partial charge in [-0.1, -0.05) is 13.3 Å². The van der Waals surface area contributed by atoms with E-state index < -0.39 is 11.8 Å². The Kier molecular flexibility index (Phi) is 4.13. The van der Waals surface area contributed by atoms with E-state index in [0.717, 1.165) is 13.0 Å². The van der Waals surface area contributed by atoms with Crippen LogP contribution in [-0.2, 0) is 0 Å². The van der Waals surface area contributed by atoms with Crippen molar-refractivity contribution in [2.75, 3.05) is 11.9 Å². The van der Waals surface area contributed by atoms with E-state index in [1.54, 1.807) is 0 Å². The summed E-state index contributed by atoms with van der Waals surface area (Å²) in [6.07, 6.45) is 4.66. The summed E-state index contributed by atoms with van der Waals surface area (Å²) in [5, 5.41) is 12.0. The maximum absolute atomic E-state index is 14.1. The van der Waals surface area contributed by atoms with Crippen LogP contribution in [0.25, 0.3) is 0 Å². The summed E-state index contributed by atoms with van der Waals surface area (Å²) in [6, 6.07) is 2.91. The smallest absolute Gasteiger partial charge is 0.336 e. The van der Waals surface area contributed by atoms with Gasteiger partial charge in [-0.2, -0.15) is 0 Å². The molecule has 0 saturated heterocycles. The predicted octanol–water partition coefficient (Wildman–Crippen LogP) is 4.28. The van der Waals surface area contributed by atoms with Gasteiger partial charge in [0, 0.05) is 6.54 Å². The Hall–Kier alpha value is -1.10. The Bertz CT molecular complexity index is 495. The van der Waals surface area contributed by atoms with Crippen molar-refractivity contribution in [1.29, 1.82) is 0 Å². The zero-order valence-corrected chi connectivity index (χ0v) is 12.4. The highest BCUT2D eigenvalue weighted by Gasteiger charge is 2.34. The molecular formula is C14H17BrFNO2. The summed E-state index contributed by atoms with van der Waals surface area (Å²) in [6.45, 7) is 2.89. The normalized spacial score (nSPS) is 16.8. The van der Waals surface area contributed by atoms with E-state index in [2.05, 4.69) is 28.2 Å². The molecule has 5 heteroatoms. The van der Waals surface area contributed by atoms with Gasteiger partial charge in [-0.05, 0) is 52.7 Å². The van der Waals surface area contributed by atoms with Crippen molar-refractivity contribution in [3.8, 4) is 0 Å². The van der Waals surface area contributed by atoms with Crippen LogP contribution in [0.5, 0.6) is 0 Å². The van der Waals surface area contributed by atoms with Crippen LogP contribution in [-0.4, -0.2) is 17.6 Å². The standard InChI is InChI=1S/C14H17BrFNO2/c1-2-14(6-3-7-14)8-17-10-5-4-9(13(18)19)11(15)12(10)16/h4-5,17H,2-3,6-8H2,1H3,(H,18,19). The molecule has 104 valence electrons. The second-order valence-corrected chi connectivity index (χ2v) is 5.95. The van der Waals surface area contributed by atoms with Crippen molar-refractivity contribution >= 4 is 27.6 Å². The maximum atomic E-state index is 14.1. The molecular weight excluding hydrogens is 313 g/mol. The minimum atomic E-state index is -1.14. The zero-order chi connectivity index (χ0) is 14.0. The summed E-state index contributed by atoms with van der Waals surface area (Å²) >= 11 is 3.00. The van der Waals surface area contributed by atoms with Gasteiger partial charge in [0.25, 0.3) is 0 Å². The molecule has 3 nitrogen and oxygen atoms in total. The zero-order valence-electron chi connectivity index (χ0n) is 10.8. The molecule has 1 aliphatic rings. The number of rotatable bonds is 5. The number of nitrogens with one attached hydrogen (secondary N) is 1. The number of hydrogen-bond donors (Lipinski definition) is 2. The van der Waals surface area contributed by atoms with Gasteiger partial charge in [0.05, 0.1) is 15.7 Å². The minimum absolute atomic E-state index is 0.00385. The van der Waals surface area contributed by atoms with Gasteiger partial charge in [-0.3, -0.25) is 0 Å². The van der Waals surface area contributed by atoms with E-state index in [4.69, 9.17) is 5.11 Å². The van der Waals surface area contributed by atoms with Crippen LogP contribution >= 0.6 is 15.9 Å². The van der Waals surface area contributed by atoms with Gasteiger partial charge < -0.3 is 10.4 Å². The van der Waals surface area contributed by atoms with E-state index in [1.807, 2.05) is 0 Å². The molecule has 0 spiro atoms. The van der Waals surface area contributed by atoms with E-state index in [1.165, 1.54) is 31.4 Å². The highest BCUT2D eigenvalue weighted by molar-refractivity contribution is 9.10. The van der Waals surface area contributed by atoms with Gasteiger partial charge in [0.2, 0.25) is 0 Å². The summed E-state index contributed by atoms with van der Waals surface area (Å²) in [5.74, 6) is -1.67. The second kappa shape index (κ2) is 5.49. The highest BCUT2D eigenvalue weighted by Crippen LogP contribution is 2.44. The number of carboxylic acids is 1. The van der Waals surface area contributed by atoms with Crippen LogP contribution < -0.4 is 5.32 Å². The fourth-order valence-electron chi connectivity index (χ4n) is 2.47. The van der Waals surface area contributed by atoms with Gasteiger partial charge in [0.1, 0.15) is 0 Å². The van der Waals surface area contributed by atoms with Crippen LogP contribution in [0.4, 0.5) is 10.1 Å². The summed E-state index contributed by atoms with van der Waals surface area (Å²) < 4.78 is 14.1. The van der Waals surface area contributed by atoms with Crippen molar-refractivity contribution in [1.82, 2.24) is 0 Å². The number of hydrogen-bond acceptors (Lipinski definition) is 2. The largest absolute Gasteiger partial charge is 0.478 e. The monoisotopic (exact) mass is 329 g/mol. The van der Waals surface area contributed by atoms with Gasteiger partial charge in [-0.25, -0.2) is 9.18 Å². The Balaban J connectivity index is 2.13. The summed E-state index contributed by atoms with van der Waals surface area (Å²) in [5.41, 5.74) is 0.582. The number of carbonyl (C=O) groups is 1. The maximum Gasteiger partial charge on any atom is 0.336 e. The van der Waals surface area contributed by atoms with E-state index in [0.29, 0.717) is 5.69 Å². The Labute approximate surface area is 120 Å². The van der Waals surface area contributed by atoms with Crippen molar-refractivity contribution in [3.63, 3.8) is 0 Å². The number of carboxylic acid groups (broad SMARTS) is 1. The summed E-state index contributed by atoms with van der Waals surface area (Å²) in [7, 11) is 0. The molecule has 0 atom stereocenters. The van der Waals surface area contributed by atoms with E-state index >= 15 is 0 Å². The quantitative estimate of drug-likeness (QED) is 0.847. The number of benzene rings is 1. The van der Waals surface area contributed by atoms with Crippen LogP contribution in [0.2, 0.25) is 0 Å². The fraction of sp³-hybridized carbons (Fsp3) is 0.500. The molecule has 0 radical (unpaired) electrons. The molecule has 1 aromatic rings. The van der Waals surface area contributed by atoms with Gasteiger partial charge in [0.15, 0.2) is 5.82 Å². The molecule has 19 heavy (non-hydrogen) atoms. The molecule has 0 heterocycles. The molecule has 0 amide bonds. The third-order valence-electron chi connectivity index (χ3n) is 4.13. The Morgan fingerprint density at radius 2 is 2.21 bits per heavy atom.